The van der Waals surface area contributed by atoms with Crippen LogP contribution in [0.4, 0.5) is 11.4 Å². The lowest BCUT2D eigenvalue weighted by Gasteiger charge is -2.27. The third-order valence-electron chi connectivity index (χ3n) is 4.25. The van der Waals surface area contributed by atoms with Crippen molar-refractivity contribution in [1.29, 1.82) is 0 Å². The van der Waals surface area contributed by atoms with E-state index in [1.807, 2.05) is 66.7 Å². The van der Waals surface area contributed by atoms with Gasteiger partial charge in [0.05, 0.1) is 17.1 Å². The molecule has 5 nitrogen and oxygen atoms in total. The van der Waals surface area contributed by atoms with E-state index in [0.717, 1.165) is 11.1 Å². The Bertz CT molecular complexity index is 825. The number of aliphatic hydroxyl groups excluding tert-OH is 1. The smallest absolute Gasteiger partial charge is 0.276 e. The van der Waals surface area contributed by atoms with Gasteiger partial charge in [-0.2, -0.15) is 0 Å². The molecule has 0 radical (unpaired) electrons. The quantitative estimate of drug-likeness (QED) is 0.511. The van der Waals surface area contributed by atoms with Crippen LogP contribution in [0.1, 0.15) is 16.7 Å². The summed E-state index contributed by atoms with van der Waals surface area (Å²) in [6, 6.07) is 24.8. The van der Waals surface area contributed by atoms with E-state index in [0.29, 0.717) is 24.3 Å². The molecular weight excluding hydrogens is 328 g/mol. The molecule has 0 fully saturated rings. The van der Waals surface area contributed by atoms with Crippen molar-refractivity contribution < 1.29 is 10.0 Å². The van der Waals surface area contributed by atoms with E-state index in [2.05, 4.69) is 4.90 Å². The molecule has 3 aromatic carbocycles. The summed E-state index contributed by atoms with van der Waals surface area (Å²) >= 11 is 0. The minimum absolute atomic E-state index is 0.0591. The second-order valence-electron chi connectivity index (χ2n) is 6.02. The summed E-state index contributed by atoms with van der Waals surface area (Å²) < 4.78 is 0. The van der Waals surface area contributed by atoms with Crippen LogP contribution in [-0.4, -0.2) is 10.0 Å². The first-order valence-corrected chi connectivity index (χ1v) is 8.39. The maximum absolute atomic E-state index is 11.3. The fourth-order valence-electron chi connectivity index (χ4n) is 3.03. The molecule has 0 saturated carbocycles. The number of hydrogen-bond donors (Lipinski definition) is 1. The summed E-state index contributed by atoms with van der Waals surface area (Å²) in [5, 5.41) is 21.1. The topological polar surface area (TPSA) is 66.6 Å². The molecule has 26 heavy (non-hydrogen) atoms. The fraction of sp³-hybridized carbons (Fsp3) is 0.143. The van der Waals surface area contributed by atoms with E-state index in [9.17, 15) is 15.2 Å². The summed E-state index contributed by atoms with van der Waals surface area (Å²) in [5.74, 6) is 0. The first-order valence-electron chi connectivity index (χ1n) is 8.39. The second-order valence-corrected chi connectivity index (χ2v) is 6.02. The zero-order valence-electron chi connectivity index (χ0n) is 14.3. The van der Waals surface area contributed by atoms with Crippen LogP contribution >= 0.6 is 0 Å². The van der Waals surface area contributed by atoms with Gasteiger partial charge in [0.2, 0.25) is 0 Å². The minimum atomic E-state index is -0.446. The predicted octanol–water partition coefficient (Wildman–Crippen LogP) is 4.29. The minimum Gasteiger partial charge on any atom is -0.391 e. The van der Waals surface area contributed by atoms with E-state index in [1.165, 1.54) is 6.07 Å². The van der Waals surface area contributed by atoms with Crippen molar-refractivity contribution in [3.8, 4) is 0 Å². The molecule has 0 aliphatic heterocycles. The van der Waals surface area contributed by atoms with Crippen molar-refractivity contribution in [3.05, 3.63) is 106 Å². The Kier molecular flexibility index (Phi) is 5.61. The van der Waals surface area contributed by atoms with Crippen molar-refractivity contribution >= 4 is 11.4 Å². The average Bonchev–Trinajstić information content (AvgIpc) is 2.68. The Morgan fingerprint density at radius 2 is 1.35 bits per heavy atom. The van der Waals surface area contributed by atoms with Crippen LogP contribution in [0.15, 0.2) is 78.9 Å². The summed E-state index contributed by atoms with van der Waals surface area (Å²) in [5.41, 5.74) is 3.15. The van der Waals surface area contributed by atoms with Crippen molar-refractivity contribution in [3.63, 3.8) is 0 Å². The molecule has 0 spiro atoms. The van der Waals surface area contributed by atoms with Crippen molar-refractivity contribution in [1.82, 2.24) is 0 Å². The van der Waals surface area contributed by atoms with Gasteiger partial charge in [0, 0.05) is 24.8 Å². The lowest BCUT2D eigenvalue weighted by Crippen LogP contribution is -2.23. The number of nitrogens with zero attached hydrogens (tertiary/aromatic N) is 2. The zero-order valence-corrected chi connectivity index (χ0v) is 14.3. The molecular formula is C21H20N2O3. The highest BCUT2D eigenvalue weighted by molar-refractivity contribution is 5.62. The monoisotopic (exact) mass is 348 g/mol. The van der Waals surface area contributed by atoms with Crippen molar-refractivity contribution in [2.24, 2.45) is 0 Å². The Balaban J connectivity index is 2.02. The first-order chi connectivity index (χ1) is 12.7. The highest BCUT2D eigenvalue weighted by atomic mass is 16.6. The normalized spacial score (nSPS) is 10.5. The third kappa shape index (κ3) is 4.07. The number of nitro groups is 1. The Morgan fingerprint density at radius 1 is 0.808 bits per heavy atom. The van der Waals surface area contributed by atoms with Crippen LogP contribution in [0.25, 0.3) is 0 Å². The highest BCUT2D eigenvalue weighted by Gasteiger charge is 2.20. The fourth-order valence-corrected chi connectivity index (χ4v) is 3.03. The van der Waals surface area contributed by atoms with Crippen LogP contribution in [0, 0.1) is 10.1 Å². The predicted molar refractivity (Wildman–Crippen MR) is 102 cm³/mol. The molecule has 0 aliphatic rings. The lowest BCUT2D eigenvalue weighted by atomic mass is 10.1. The molecule has 0 amide bonds. The van der Waals surface area contributed by atoms with Crippen LogP contribution in [0.3, 0.4) is 0 Å². The molecule has 3 aromatic rings. The molecule has 0 heterocycles. The molecule has 3 rings (SSSR count). The highest BCUT2D eigenvalue weighted by Crippen LogP contribution is 2.31. The van der Waals surface area contributed by atoms with Crippen LogP contribution < -0.4 is 4.90 Å². The summed E-state index contributed by atoms with van der Waals surface area (Å²) in [7, 11) is 0. The number of nitro benzene ring substituents is 1. The van der Waals surface area contributed by atoms with Crippen molar-refractivity contribution in [2.45, 2.75) is 19.7 Å². The lowest BCUT2D eigenvalue weighted by molar-refractivity contribution is -0.385. The molecule has 132 valence electrons. The van der Waals surface area contributed by atoms with Gasteiger partial charge >= 0.3 is 0 Å². The third-order valence-corrected chi connectivity index (χ3v) is 4.25. The van der Waals surface area contributed by atoms with Gasteiger partial charge in [-0.05, 0) is 17.2 Å². The molecule has 0 aromatic heterocycles. The van der Waals surface area contributed by atoms with Gasteiger partial charge < -0.3 is 10.0 Å². The number of hydrogen-bond acceptors (Lipinski definition) is 4. The number of benzene rings is 3. The number of anilines is 1. The maximum Gasteiger partial charge on any atom is 0.276 e. The standard InChI is InChI=1S/C21H20N2O3/c24-16-19-20(12-7-13-21(19)23(25)26)22(14-17-8-3-1-4-9-17)15-18-10-5-2-6-11-18/h1-13,24H,14-16H2. The molecule has 0 saturated heterocycles. The zero-order chi connectivity index (χ0) is 18.4. The Morgan fingerprint density at radius 3 is 1.81 bits per heavy atom. The second kappa shape index (κ2) is 8.27. The molecule has 0 atom stereocenters. The summed E-state index contributed by atoms with van der Waals surface area (Å²) in [4.78, 5) is 13.0. The molecule has 0 bridgehead atoms. The molecule has 0 unspecified atom stereocenters. The van der Waals surface area contributed by atoms with E-state index >= 15 is 0 Å². The number of aliphatic hydroxyl groups is 1. The summed E-state index contributed by atoms with van der Waals surface area (Å²) in [6.45, 7) is 0.792. The van der Waals surface area contributed by atoms with Crippen LogP contribution in [0.5, 0.6) is 0 Å². The van der Waals surface area contributed by atoms with Gasteiger partial charge in [0.15, 0.2) is 0 Å². The Labute approximate surface area is 152 Å². The molecule has 1 N–H and O–H groups in total. The Hall–Kier alpha value is -3.18. The van der Waals surface area contributed by atoms with Gasteiger partial charge in [0.1, 0.15) is 0 Å². The van der Waals surface area contributed by atoms with E-state index in [1.54, 1.807) is 6.07 Å². The first kappa shape index (κ1) is 17.6. The van der Waals surface area contributed by atoms with Gasteiger partial charge in [-0.25, -0.2) is 0 Å². The van der Waals surface area contributed by atoms with Gasteiger partial charge in [-0.3, -0.25) is 10.1 Å². The van der Waals surface area contributed by atoms with Gasteiger partial charge in [0.25, 0.3) is 5.69 Å². The number of rotatable bonds is 7. The molecule has 0 aliphatic carbocycles. The van der Waals surface area contributed by atoms with Gasteiger partial charge in [-0.1, -0.05) is 66.7 Å². The van der Waals surface area contributed by atoms with E-state index in [-0.39, 0.29) is 12.3 Å². The van der Waals surface area contributed by atoms with E-state index in [4.69, 9.17) is 0 Å². The summed E-state index contributed by atoms with van der Waals surface area (Å²) in [6.07, 6.45) is 0. The maximum atomic E-state index is 11.3. The van der Waals surface area contributed by atoms with Gasteiger partial charge in [-0.15, -0.1) is 0 Å². The SMILES string of the molecule is O=[N+]([O-])c1cccc(N(Cc2ccccc2)Cc2ccccc2)c1CO. The average molecular weight is 348 g/mol. The van der Waals surface area contributed by atoms with Crippen LogP contribution in [-0.2, 0) is 19.7 Å². The van der Waals surface area contributed by atoms with Crippen LogP contribution in [0.2, 0.25) is 0 Å². The van der Waals surface area contributed by atoms with E-state index < -0.39 is 4.92 Å². The van der Waals surface area contributed by atoms with Crippen molar-refractivity contribution in [2.75, 3.05) is 4.90 Å². The largest absolute Gasteiger partial charge is 0.391 e. The molecule has 5 heteroatoms.